The number of carbonyl (C=O) groups is 1. The van der Waals surface area contributed by atoms with Gasteiger partial charge in [-0.3, -0.25) is 4.79 Å². The smallest absolute Gasteiger partial charge is 0.298 e. The average Bonchev–Trinajstić information content (AvgIpc) is 2.25. The number of alkyl halides is 4. The highest BCUT2D eigenvalue weighted by Gasteiger charge is 2.32. The average molecular weight is 359 g/mol. The highest BCUT2D eigenvalue weighted by atomic mass is 79.9. The first kappa shape index (κ1) is 15.9. The summed E-state index contributed by atoms with van der Waals surface area (Å²) in [6.07, 6.45) is 1.76. The molecule has 0 aliphatic heterocycles. The van der Waals surface area contributed by atoms with Crippen LogP contribution in [0.1, 0.15) is 17.3 Å². The van der Waals surface area contributed by atoms with E-state index in [0.717, 1.165) is 0 Å². The fourth-order valence-corrected chi connectivity index (χ4v) is 3.63. The van der Waals surface area contributed by atoms with Crippen LogP contribution in [-0.2, 0) is 4.79 Å². The maximum atomic E-state index is 12.5. The van der Waals surface area contributed by atoms with E-state index in [1.165, 1.54) is 24.8 Å². The Morgan fingerprint density at radius 3 is 2.33 bits per heavy atom. The zero-order valence-corrected chi connectivity index (χ0v) is 12.8. The Morgan fingerprint density at radius 2 is 1.89 bits per heavy atom. The van der Waals surface area contributed by atoms with Crippen molar-refractivity contribution in [2.45, 2.75) is 27.1 Å². The molecule has 0 fully saturated rings. The third kappa shape index (κ3) is 4.20. The molecule has 0 saturated heterocycles. The first-order valence-corrected chi connectivity index (χ1v) is 7.79. The standard InChI is InChI=1S/C11H10BrF3OS2/c1-6(16)10(12)9-7(17-2)4-3-5-8(9)18-11(13,14)15/h3-5,10H,1-2H3. The molecule has 0 bridgehead atoms. The van der Waals surface area contributed by atoms with E-state index in [-0.39, 0.29) is 22.4 Å². The van der Waals surface area contributed by atoms with Gasteiger partial charge in [-0.2, -0.15) is 13.2 Å². The van der Waals surface area contributed by atoms with Gasteiger partial charge in [0.25, 0.3) is 0 Å². The van der Waals surface area contributed by atoms with E-state index in [1.54, 1.807) is 18.4 Å². The van der Waals surface area contributed by atoms with Gasteiger partial charge in [0, 0.05) is 15.4 Å². The zero-order chi connectivity index (χ0) is 13.9. The minimum atomic E-state index is -4.37. The molecular weight excluding hydrogens is 349 g/mol. The molecule has 1 rings (SSSR count). The second-order valence-electron chi connectivity index (χ2n) is 3.39. The largest absolute Gasteiger partial charge is 0.446 e. The van der Waals surface area contributed by atoms with Crippen LogP contribution in [0.25, 0.3) is 0 Å². The van der Waals surface area contributed by atoms with Crippen molar-refractivity contribution in [3.63, 3.8) is 0 Å². The van der Waals surface area contributed by atoms with E-state index in [2.05, 4.69) is 15.9 Å². The maximum absolute atomic E-state index is 12.5. The lowest BCUT2D eigenvalue weighted by atomic mass is 10.1. The van der Waals surface area contributed by atoms with Crippen LogP contribution < -0.4 is 0 Å². The highest BCUT2D eigenvalue weighted by Crippen LogP contribution is 2.44. The van der Waals surface area contributed by atoms with Crippen molar-refractivity contribution in [1.82, 2.24) is 0 Å². The van der Waals surface area contributed by atoms with E-state index in [4.69, 9.17) is 0 Å². The predicted octanol–water partition coefficient (Wildman–Crippen LogP) is 5.05. The quantitative estimate of drug-likeness (QED) is 0.554. The fraction of sp³-hybridized carbons (Fsp3) is 0.364. The second kappa shape index (κ2) is 6.34. The number of Topliss-reactive ketones (excluding diaryl/α,β-unsaturated/α-hetero) is 1. The summed E-state index contributed by atoms with van der Waals surface area (Å²) >= 11 is 4.28. The molecule has 7 heteroatoms. The molecule has 1 aromatic rings. The Morgan fingerprint density at radius 1 is 1.33 bits per heavy atom. The van der Waals surface area contributed by atoms with Gasteiger partial charge in [-0.15, -0.1) is 11.8 Å². The van der Waals surface area contributed by atoms with Gasteiger partial charge in [0.2, 0.25) is 0 Å². The Balaban J connectivity index is 3.29. The first-order valence-electron chi connectivity index (χ1n) is 4.83. The fourth-order valence-electron chi connectivity index (χ4n) is 1.37. The lowest BCUT2D eigenvalue weighted by Crippen LogP contribution is -2.07. The van der Waals surface area contributed by atoms with Crippen LogP contribution in [0.2, 0.25) is 0 Å². The molecule has 0 amide bonds. The molecule has 100 valence electrons. The van der Waals surface area contributed by atoms with Crippen molar-refractivity contribution in [2.24, 2.45) is 0 Å². The molecular formula is C11H10BrF3OS2. The van der Waals surface area contributed by atoms with Gasteiger partial charge >= 0.3 is 5.51 Å². The first-order chi connectivity index (χ1) is 8.26. The lowest BCUT2D eigenvalue weighted by Gasteiger charge is -2.17. The number of carbonyl (C=O) groups excluding carboxylic acids is 1. The van der Waals surface area contributed by atoms with Crippen molar-refractivity contribution in [3.8, 4) is 0 Å². The van der Waals surface area contributed by atoms with E-state index in [1.807, 2.05) is 0 Å². The summed E-state index contributed by atoms with van der Waals surface area (Å²) in [7, 11) is 0. The second-order valence-corrected chi connectivity index (χ2v) is 6.26. The van der Waals surface area contributed by atoms with Gasteiger partial charge in [0.05, 0.1) is 4.83 Å². The number of thioether (sulfide) groups is 2. The Hall–Kier alpha value is -0.140. The van der Waals surface area contributed by atoms with Gasteiger partial charge in [0.15, 0.2) is 0 Å². The number of halogens is 4. The Kier molecular flexibility index (Phi) is 5.61. The number of hydrogen-bond donors (Lipinski definition) is 0. The van der Waals surface area contributed by atoms with Crippen LogP contribution in [0, 0.1) is 0 Å². The van der Waals surface area contributed by atoms with Crippen molar-refractivity contribution in [1.29, 1.82) is 0 Å². The molecule has 0 N–H and O–H groups in total. The summed E-state index contributed by atoms with van der Waals surface area (Å²) in [4.78, 5) is 11.4. The summed E-state index contributed by atoms with van der Waals surface area (Å²) < 4.78 is 37.4. The van der Waals surface area contributed by atoms with Crippen LogP contribution in [0.3, 0.4) is 0 Å². The summed E-state index contributed by atoms with van der Waals surface area (Å²) in [5.74, 6) is -0.222. The summed E-state index contributed by atoms with van der Waals surface area (Å²) in [5, 5.41) is 0. The van der Waals surface area contributed by atoms with Gasteiger partial charge in [-0.05, 0) is 37.1 Å². The van der Waals surface area contributed by atoms with Crippen LogP contribution in [0.4, 0.5) is 13.2 Å². The van der Waals surface area contributed by atoms with Crippen molar-refractivity contribution in [3.05, 3.63) is 23.8 Å². The number of benzene rings is 1. The molecule has 0 aromatic heterocycles. The van der Waals surface area contributed by atoms with Crippen molar-refractivity contribution in [2.75, 3.05) is 6.26 Å². The topological polar surface area (TPSA) is 17.1 Å². The number of ketones is 1. The minimum Gasteiger partial charge on any atom is -0.298 e. The predicted molar refractivity (Wildman–Crippen MR) is 72.5 cm³/mol. The minimum absolute atomic E-state index is 0.0615. The number of hydrogen-bond acceptors (Lipinski definition) is 3. The molecule has 0 spiro atoms. The van der Waals surface area contributed by atoms with E-state index in [9.17, 15) is 18.0 Å². The van der Waals surface area contributed by atoms with Gasteiger partial charge in [-0.1, -0.05) is 22.0 Å². The van der Waals surface area contributed by atoms with Crippen molar-refractivity contribution < 1.29 is 18.0 Å². The van der Waals surface area contributed by atoms with Crippen LogP contribution >= 0.6 is 39.5 Å². The zero-order valence-electron chi connectivity index (χ0n) is 9.55. The lowest BCUT2D eigenvalue weighted by molar-refractivity contribution is -0.116. The van der Waals surface area contributed by atoms with E-state index >= 15 is 0 Å². The molecule has 1 atom stereocenters. The maximum Gasteiger partial charge on any atom is 0.446 e. The van der Waals surface area contributed by atoms with E-state index in [0.29, 0.717) is 10.5 Å². The normalized spacial score (nSPS) is 13.4. The highest BCUT2D eigenvalue weighted by molar-refractivity contribution is 9.09. The SMILES string of the molecule is CSc1cccc(SC(F)(F)F)c1C(Br)C(C)=O. The molecule has 1 nitrogen and oxygen atoms in total. The van der Waals surface area contributed by atoms with Crippen LogP contribution in [0.15, 0.2) is 28.0 Å². The molecule has 0 aliphatic rings. The van der Waals surface area contributed by atoms with Gasteiger partial charge < -0.3 is 0 Å². The monoisotopic (exact) mass is 358 g/mol. The molecule has 0 aliphatic carbocycles. The molecule has 0 radical (unpaired) electrons. The summed E-state index contributed by atoms with van der Waals surface area (Å²) in [6, 6.07) is 4.64. The van der Waals surface area contributed by atoms with Crippen molar-refractivity contribution >= 4 is 45.2 Å². The molecule has 1 unspecified atom stereocenters. The Bertz CT molecular complexity index is 448. The third-order valence-corrected chi connectivity index (χ3v) is 4.79. The molecule has 1 aromatic carbocycles. The molecule has 0 saturated carbocycles. The van der Waals surface area contributed by atoms with Crippen LogP contribution in [0.5, 0.6) is 0 Å². The van der Waals surface area contributed by atoms with Gasteiger partial charge in [-0.25, -0.2) is 0 Å². The third-order valence-electron chi connectivity index (χ3n) is 2.08. The van der Waals surface area contributed by atoms with Gasteiger partial charge in [0.1, 0.15) is 5.78 Å². The molecule has 0 heterocycles. The van der Waals surface area contributed by atoms with Crippen LogP contribution in [-0.4, -0.2) is 17.5 Å². The summed E-state index contributed by atoms with van der Waals surface area (Å²) in [5.41, 5.74) is -3.98. The number of rotatable bonds is 4. The molecule has 18 heavy (non-hydrogen) atoms. The summed E-state index contributed by atoms with van der Waals surface area (Å²) in [6.45, 7) is 1.35. The van der Waals surface area contributed by atoms with E-state index < -0.39 is 10.3 Å². The Labute approximate surface area is 120 Å².